The quantitative estimate of drug-likeness (QED) is 0.574. The Hall–Kier alpha value is 1.08. The summed E-state index contributed by atoms with van der Waals surface area (Å²) in [5.41, 5.74) is 0. The van der Waals surface area contributed by atoms with E-state index in [1.165, 1.54) is 25.7 Å². The topological polar surface area (TPSA) is 0 Å². The molecule has 0 aliphatic carbocycles. The van der Waals surface area contributed by atoms with Crippen LogP contribution < -0.4 is 0 Å². The molecule has 0 rings (SSSR count). The van der Waals surface area contributed by atoms with Gasteiger partial charge in [-0.3, -0.25) is 0 Å². The van der Waals surface area contributed by atoms with E-state index in [-0.39, 0.29) is 0 Å². The maximum atomic E-state index is 2.41. The van der Waals surface area contributed by atoms with E-state index in [1.807, 2.05) is 8.93 Å². The van der Waals surface area contributed by atoms with Crippen LogP contribution in [-0.2, 0) is 0 Å². The number of halogens is 1. The Kier molecular flexibility index (Phi) is 9.09. The molecule has 2 unspecified atom stereocenters. The molecule has 0 radical (unpaired) electrons. The molecule has 2 atom stereocenters. The highest BCUT2D eigenvalue weighted by Gasteiger charge is 2.06. The van der Waals surface area contributed by atoms with E-state index in [0.717, 1.165) is 17.1 Å². The smallest absolute Gasteiger partial charge is 0.0119 e. The average molecular weight is 314 g/mol. The third-order valence-electron chi connectivity index (χ3n) is 2.45. The normalized spacial score (nSPS) is 16.2. The summed E-state index contributed by atoms with van der Waals surface area (Å²) in [6.45, 7) is 9.35. The van der Waals surface area contributed by atoms with Gasteiger partial charge in [0.15, 0.2) is 0 Å². The van der Waals surface area contributed by atoms with Gasteiger partial charge in [0.05, 0.1) is 0 Å². The van der Waals surface area contributed by atoms with Crippen molar-refractivity contribution in [3.8, 4) is 0 Å². The van der Waals surface area contributed by atoms with Crippen molar-refractivity contribution in [2.45, 2.75) is 58.6 Å². The largest absolute Gasteiger partial charge is 0.0862 e. The van der Waals surface area contributed by atoms with Crippen molar-refractivity contribution in [1.29, 1.82) is 0 Å². The van der Waals surface area contributed by atoms with Gasteiger partial charge in [0.25, 0.3) is 0 Å². The number of hydrogen-bond donors (Lipinski definition) is 0. The molecule has 2 heteroatoms. The van der Waals surface area contributed by atoms with E-state index in [4.69, 9.17) is 0 Å². The van der Waals surface area contributed by atoms with E-state index >= 15 is 0 Å². The fraction of sp³-hybridized carbons (Fsp3) is 1.00. The predicted molar refractivity (Wildman–Crippen MR) is 73.5 cm³/mol. The summed E-state index contributed by atoms with van der Waals surface area (Å²) >= 11 is 2.41. The summed E-state index contributed by atoms with van der Waals surface area (Å²) in [4.78, 5) is 0. The van der Waals surface area contributed by atoms with Gasteiger partial charge < -0.3 is 0 Å². The summed E-state index contributed by atoms with van der Waals surface area (Å²) in [6, 6.07) is 0. The maximum Gasteiger partial charge on any atom is 0.0119 e. The summed E-state index contributed by atoms with van der Waals surface area (Å²) in [7, 11) is 1.96. The Morgan fingerprint density at radius 3 is 1.92 bits per heavy atom. The Morgan fingerprint density at radius 1 is 0.923 bits per heavy atom. The Labute approximate surface area is 100 Å². The minimum Gasteiger partial charge on any atom is -0.0862 e. The Morgan fingerprint density at radius 2 is 1.46 bits per heavy atom. The molecule has 0 aromatic rings. The minimum atomic E-state index is 0.835. The van der Waals surface area contributed by atoms with Gasteiger partial charge >= 0.3 is 0 Å². The highest BCUT2D eigenvalue weighted by molar-refractivity contribution is 14.2. The van der Waals surface area contributed by atoms with E-state index in [0.29, 0.717) is 0 Å². The lowest BCUT2D eigenvalue weighted by molar-refractivity contribution is 0.419. The van der Waals surface area contributed by atoms with Gasteiger partial charge in [-0.15, -0.1) is 0 Å². The molecular weight excluding hydrogens is 291 g/mol. The first kappa shape index (κ1) is 14.1. The molecule has 0 bridgehead atoms. The van der Waals surface area contributed by atoms with Crippen LogP contribution in [0.1, 0.15) is 53.4 Å². The highest BCUT2D eigenvalue weighted by Crippen LogP contribution is 2.25. The van der Waals surface area contributed by atoms with Crippen LogP contribution in [0.25, 0.3) is 0 Å². The standard InChI is InChI=1S/C11H23IS/c1-9(2)5-6-10(3)7-8-11(4)13-12/h9-11H,5-8H2,1-4H3. The van der Waals surface area contributed by atoms with Crippen molar-refractivity contribution < 1.29 is 0 Å². The average Bonchev–Trinajstić information content (AvgIpc) is 2.10. The summed E-state index contributed by atoms with van der Waals surface area (Å²) in [6.07, 6.45) is 5.60. The fourth-order valence-corrected chi connectivity index (χ4v) is 2.31. The molecule has 0 nitrogen and oxygen atoms in total. The first-order chi connectivity index (χ1) is 6.06. The van der Waals surface area contributed by atoms with Crippen molar-refractivity contribution in [2.75, 3.05) is 0 Å². The van der Waals surface area contributed by atoms with Gasteiger partial charge in [0, 0.05) is 5.25 Å². The molecule has 0 saturated carbocycles. The van der Waals surface area contributed by atoms with Crippen molar-refractivity contribution >= 4 is 30.1 Å². The molecule has 0 saturated heterocycles. The van der Waals surface area contributed by atoms with Crippen molar-refractivity contribution in [3.05, 3.63) is 0 Å². The second-order valence-electron chi connectivity index (χ2n) is 4.55. The van der Waals surface area contributed by atoms with Gasteiger partial charge in [-0.2, -0.15) is 0 Å². The second-order valence-corrected chi connectivity index (χ2v) is 7.06. The molecule has 0 aliphatic heterocycles. The molecule has 80 valence electrons. The number of rotatable bonds is 7. The van der Waals surface area contributed by atoms with Crippen LogP contribution in [0.4, 0.5) is 0 Å². The zero-order valence-corrected chi connectivity index (χ0v) is 12.3. The third-order valence-corrected chi connectivity index (χ3v) is 5.60. The molecule has 0 spiro atoms. The van der Waals surface area contributed by atoms with Crippen LogP contribution in [0.5, 0.6) is 0 Å². The summed E-state index contributed by atoms with van der Waals surface area (Å²) in [5, 5.41) is 0.835. The zero-order chi connectivity index (χ0) is 10.3. The van der Waals surface area contributed by atoms with Crippen LogP contribution in [-0.4, -0.2) is 5.25 Å². The van der Waals surface area contributed by atoms with Crippen LogP contribution >= 0.6 is 30.1 Å². The van der Waals surface area contributed by atoms with Gasteiger partial charge in [-0.05, 0) is 45.9 Å². The molecular formula is C11H23IS. The summed E-state index contributed by atoms with van der Waals surface area (Å²) < 4.78 is 0. The van der Waals surface area contributed by atoms with Crippen molar-refractivity contribution in [3.63, 3.8) is 0 Å². The lowest BCUT2D eigenvalue weighted by Crippen LogP contribution is -2.02. The van der Waals surface area contributed by atoms with Crippen LogP contribution in [0.2, 0.25) is 0 Å². The highest BCUT2D eigenvalue weighted by atomic mass is 127. The molecule has 13 heavy (non-hydrogen) atoms. The second kappa shape index (κ2) is 8.39. The van der Waals surface area contributed by atoms with Crippen LogP contribution in [0.15, 0.2) is 0 Å². The van der Waals surface area contributed by atoms with Crippen molar-refractivity contribution in [2.24, 2.45) is 11.8 Å². The van der Waals surface area contributed by atoms with Crippen LogP contribution in [0, 0.1) is 11.8 Å². The monoisotopic (exact) mass is 314 g/mol. The van der Waals surface area contributed by atoms with Crippen LogP contribution in [0.3, 0.4) is 0 Å². The molecule has 0 amide bonds. The Balaban J connectivity index is 3.34. The van der Waals surface area contributed by atoms with E-state index < -0.39 is 0 Å². The van der Waals surface area contributed by atoms with Gasteiger partial charge in [-0.25, -0.2) is 0 Å². The Bertz CT molecular complexity index is 115. The molecule has 0 N–H and O–H groups in total. The SMILES string of the molecule is CC(C)CCC(C)CCC(C)SI. The minimum absolute atomic E-state index is 0.835. The zero-order valence-electron chi connectivity index (χ0n) is 9.35. The van der Waals surface area contributed by atoms with E-state index in [9.17, 15) is 0 Å². The molecule has 0 aliphatic rings. The first-order valence-electron chi connectivity index (χ1n) is 5.33. The third kappa shape index (κ3) is 9.39. The molecule has 0 fully saturated rings. The lowest BCUT2D eigenvalue weighted by Gasteiger charge is -2.14. The predicted octanol–water partition coefficient (Wildman–Crippen LogP) is 5.31. The van der Waals surface area contributed by atoms with Gasteiger partial charge in [-0.1, -0.05) is 49.5 Å². The van der Waals surface area contributed by atoms with Gasteiger partial charge in [0.1, 0.15) is 0 Å². The molecule has 0 aromatic carbocycles. The maximum absolute atomic E-state index is 2.41. The molecule has 0 heterocycles. The molecule has 0 aromatic heterocycles. The fourth-order valence-electron chi connectivity index (χ4n) is 1.33. The lowest BCUT2D eigenvalue weighted by atomic mass is 9.95. The number of hydrogen-bond acceptors (Lipinski definition) is 1. The van der Waals surface area contributed by atoms with E-state index in [1.54, 1.807) is 0 Å². The first-order valence-corrected chi connectivity index (χ1v) is 8.75. The van der Waals surface area contributed by atoms with E-state index in [2.05, 4.69) is 48.9 Å². The van der Waals surface area contributed by atoms with Gasteiger partial charge in [0.2, 0.25) is 0 Å². The summed E-state index contributed by atoms with van der Waals surface area (Å²) in [5.74, 6) is 1.80. The van der Waals surface area contributed by atoms with Crippen molar-refractivity contribution in [1.82, 2.24) is 0 Å².